The van der Waals surface area contributed by atoms with Crippen molar-refractivity contribution in [2.75, 3.05) is 26.7 Å². The molecule has 6 nitrogen and oxygen atoms in total. The number of carbonyl (C=O) groups excluding carboxylic acids is 1. The number of hydrogen-bond acceptors (Lipinski definition) is 3. The molecule has 0 bridgehead atoms. The van der Waals surface area contributed by atoms with E-state index in [1.807, 2.05) is 14.0 Å². The van der Waals surface area contributed by atoms with Crippen molar-refractivity contribution in [1.82, 2.24) is 15.5 Å². The Bertz CT molecular complexity index is 259. The second-order valence-electron chi connectivity index (χ2n) is 4.48. The summed E-state index contributed by atoms with van der Waals surface area (Å²) in [6.07, 6.45) is 1.40. The number of carbonyl (C=O) groups is 2. The molecule has 1 unspecified atom stereocenters. The highest BCUT2D eigenvalue weighted by Crippen LogP contribution is 2.00. The Hall–Kier alpha value is -1.30. The van der Waals surface area contributed by atoms with Crippen LogP contribution in [0.1, 0.15) is 33.1 Å². The van der Waals surface area contributed by atoms with Crippen molar-refractivity contribution in [2.24, 2.45) is 0 Å². The predicted octanol–water partition coefficient (Wildman–Crippen LogP) is 0.881. The van der Waals surface area contributed by atoms with E-state index in [0.717, 1.165) is 13.1 Å². The van der Waals surface area contributed by atoms with Crippen LogP contribution in [0.2, 0.25) is 0 Å². The maximum Gasteiger partial charge on any atom is 0.315 e. The molecule has 0 rings (SSSR count). The van der Waals surface area contributed by atoms with Crippen molar-refractivity contribution in [3.05, 3.63) is 0 Å². The molecule has 3 N–H and O–H groups in total. The van der Waals surface area contributed by atoms with Gasteiger partial charge in [-0.3, -0.25) is 4.79 Å². The number of carboxylic acids is 1. The first-order valence-electron chi connectivity index (χ1n) is 6.40. The fourth-order valence-electron chi connectivity index (χ4n) is 1.42. The Morgan fingerprint density at radius 2 is 2.06 bits per heavy atom. The van der Waals surface area contributed by atoms with Gasteiger partial charge in [0.15, 0.2) is 0 Å². The maximum absolute atomic E-state index is 11.5. The standard InChI is InChI=1S/C12H25N3O3/c1-4-15(3)9-8-13-12(18)14-10(2)6-5-7-11(16)17/h10H,4-9H2,1-3H3,(H,16,17)(H2,13,14,18). The van der Waals surface area contributed by atoms with Crippen LogP contribution in [0.3, 0.4) is 0 Å². The lowest BCUT2D eigenvalue weighted by atomic mass is 10.1. The lowest BCUT2D eigenvalue weighted by molar-refractivity contribution is -0.137. The van der Waals surface area contributed by atoms with E-state index in [0.29, 0.717) is 19.4 Å². The fourth-order valence-corrected chi connectivity index (χ4v) is 1.42. The quantitative estimate of drug-likeness (QED) is 0.574. The lowest BCUT2D eigenvalue weighted by Crippen LogP contribution is -2.43. The molecule has 0 aliphatic rings. The van der Waals surface area contributed by atoms with Crippen molar-refractivity contribution >= 4 is 12.0 Å². The van der Waals surface area contributed by atoms with Gasteiger partial charge in [-0.2, -0.15) is 0 Å². The van der Waals surface area contributed by atoms with Crippen molar-refractivity contribution in [2.45, 2.75) is 39.2 Å². The van der Waals surface area contributed by atoms with Gasteiger partial charge in [-0.25, -0.2) is 4.79 Å². The monoisotopic (exact) mass is 259 g/mol. The Labute approximate surface area is 109 Å². The normalized spacial score (nSPS) is 12.2. The molecule has 1 atom stereocenters. The number of hydrogen-bond donors (Lipinski definition) is 3. The summed E-state index contributed by atoms with van der Waals surface area (Å²) in [4.78, 5) is 23.9. The summed E-state index contributed by atoms with van der Waals surface area (Å²) in [7, 11) is 1.99. The molecule has 0 aromatic heterocycles. The number of likely N-dealkylation sites (N-methyl/N-ethyl adjacent to an activating group) is 1. The van der Waals surface area contributed by atoms with Crippen LogP contribution in [0.25, 0.3) is 0 Å². The third-order valence-corrected chi connectivity index (χ3v) is 2.72. The number of urea groups is 1. The Morgan fingerprint density at radius 3 is 2.61 bits per heavy atom. The van der Waals surface area contributed by atoms with E-state index in [2.05, 4.69) is 22.5 Å². The van der Waals surface area contributed by atoms with E-state index in [1.165, 1.54) is 0 Å². The molecule has 0 aliphatic carbocycles. The minimum absolute atomic E-state index is 0.00625. The molecule has 0 aliphatic heterocycles. The highest BCUT2D eigenvalue weighted by molar-refractivity contribution is 5.74. The molecule has 0 saturated carbocycles. The zero-order chi connectivity index (χ0) is 14.0. The SMILES string of the molecule is CCN(C)CCNC(=O)NC(C)CCCC(=O)O. The molecule has 0 aromatic rings. The predicted molar refractivity (Wildman–Crippen MR) is 70.7 cm³/mol. The number of aliphatic carboxylic acids is 1. The van der Waals surface area contributed by atoms with Crippen LogP contribution < -0.4 is 10.6 Å². The summed E-state index contributed by atoms with van der Waals surface area (Å²) in [6.45, 7) is 6.31. The van der Waals surface area contributed by atoms with Gasteiger partial charge in [0.1, 0.15) is 0 Å². The zero-order valence-corrected chi connectivity index (χ0v) is 11.5. The van der Waals surface area contributed by atoms with Crippen molar-refractivity contribution in [1.29, 1.82) is 0 Å². The van der Waals surface area contributed by atoms with Gasteiger partial charge in [-0.05, 0) is 33.4 Å². The van der Waals surface area contributed by atoms with Crippen LogP contribution in [-0.2, 0) is 4.79 Å². The minimum Gasteiger partial charge on any atom is -0.481 e. The molecule has 6 heteroatoms. The first kappa shape index (κ1) is 16.7. The van der Waals surface area contributed by atoms with Gasteiger partial charge in [0.2, 0.25) is 0 Å². The van der Waals surface area contributed by atoms with Gasteiger partial charge in [-0.1, -0.05) is 6.92 Å². The van der Waals surface area contributed by atoms with E-state index >= 15 is 0 Å². The van der Waals surface area contributed by atoms with Crippen LogP contribution in [0, 0.1) is 0 Å². The second-order valence-corrected chi connectivity index (χ2v) is 4.48. The zero-order valence-electron chi connectivity index (χ0n) is 11.5. The van der Waals surface area contributed by atoms with Crippen LogP contribution in [-0.4, -0.2) is 54.7 Å². The summed E-state index contributed by atoms with van der Waals surface area (Å²) >= 11 is 0. The number of nitrogens with one attached hydrogen (secondary N) is 2. The molecular weight excluding hydrogens is 234 g/mol. The maximum atomic E-state index is 11.5. The number of rotatable bonds is 9. The van der Waals surface area contributed by atoms with Gasteiger partial charge in [-0.15, -0.1) is 0 Å². The largest absolute Gasteiger partial charge is 0.481 e. The Balaban J connectivity index is 3.58. The van der Waals surface area contributed by atoms with E-state index in [1.54, 1.807) is 0 Å². The lowest BCUT2D eigenvalue weighted by Gasteiger charge is -2.16. The summed E-state index contributed by atoms with van der Waals surface area (Å²) in [6, 6.07) is -0.199. The topological polar surface area (TPSA) is 81.7 Å². The van der Waals surface area contributed by atoms with Crippen LogP contribution >= 0.6 is 0 Å². The van der Waals surface area contributed by atoms with Gasteiger partial charge in [0.25, 0.3) is 0 Å². The number of carboxylic acid groups (broad SMARTS) is 1. The van der Waals surface area contributed by atoms with Crippen molar-refractivity contribution in [3.8, 4) is 0 Å². The van der Waals surface area contributed by atoms with Gasteiger partial charge in [0.05, 0.1) is 0 Å². The van der Waals surface area contributed by atoms with E-state index in [-0.39, 0.29) is 18.5 Å². The average Bonchev–Trinajstić information content (AvgIpc) is 2.28. The van der Waals surface area contributed by atoms with Gasteiger partial charge < -0.3 is 20.6 Å². The molecule has 106 valence electrons. The second kappa shape index (κ2) is 9.70. The van der Waals surface area contributed by atoms with Gasteiger partial charge >= 0.3 is 12.0 Å². The van der Waals surface area contributed by atoms with E-state index in [4.69, 9.17) is 5.11 Å². The highest BCUT2D eigenvalue weighted by atomic mass is 16.4. The molecule has 0 heterocycles. The van der Waals surface area contributed by atoms with Crippen molar-refractivity contribution < 1.29 is 14.7 Å². The Morgan fingerprint density at radius 1 is 1.39 bits per heavy atom. The highest BCUT2D eigenvalue weighted by Gasteiger charge is 2.07. The third-order valence-electron chi connectivity index (χ3n) is 2.72. The molecule has 0 fully saturated rings. The van der Waals surface area contributed by atoms with E-state index in [9.17, 15) is 9.59 Å². The molecule has 0 aromatic carbocycles. The van der Waals surface area contributed by atoms with Crippen LogP contribution in [0.15, 0.2) is 0 Å². The average molecular weight is 259 g/mol. The Kier molecular flexibility index (Phi) is 9.00. The summed E-state index contributed by atoms with van der Waals surface area (Å²) in [5.74, 6) is -0.797. The molecule has 2 amide bonds. The number of amides is 2. The first-order chi connectivity index (χ1) is 8.45. The molecule has 18 heavy (non-hydrogen) atoms. The third kappa shape index (κ3) is 9.89. The molecular formula is C12H25N3O3. The van der Waals surface area contributed by atoms with E-state index < -0.39 is 5.97 Å². The van der Waals surface area contributed by atoms with Crippen molar-refractivity contribution in [3.63, 3.8) is 0 Å². The van der Waals surface area contributed by atoms with Crippen LogP contribution in [0.5, 0.6) is 0 Å². The first-order valence-corrected chi connectivity index (χ1v) is 6.40. The summed E-state index contributed by atoms with van der Waals surface area (Å²) in [5.41, 5.74) is 0. The molecule has 0 spiro atoms. The fraction of sp³-hybridized carbons (Fsp3) is 0.833. The molecule has 0 saturated heterocycles. The number of nitrogens with zero attached hydrogens (tertiary/aromatic N) is 1. The smallest absolute Gasteiger partial charge is 0.315 e. The van der Waals surface area contributed by atoms with Crippen LogP contribution in [0.4, 0.5) is 4.79 Å². The minimum atomic E-state index is -0.797. The van der Waals surface area contributed by atoms with Gasteiger partial charge in [0, 0.05) is 25.6 Å². The molecule has 0 radical (unpaired) electrons. The summed E-state index contributed by atoms with van der Waals surface area (Å²) in [5, 5.41) is 14.0. The summed E-state index contributed by atoms with van der Waals surface area (Å²) < 4.78 is 0.